The lowest BCUT2D eigenvalue weighted by Crippen LogP contribution is -2.27. The van der Waals surface area contributed by atoms with Gasteiger partial charge in [0.05, 0.1) is 26.4 Å². The van der Waals surface area contributed by atoms with Gasteiger partial charge in [-0.05, 0) is 23.8 Å². The maximum Gasteiger partial charge on any atom is 0.417 e. The third-order valence-electron chi connectivity index (χ3n) is 3.91. The van der Waals surface area contributed by atoms with Gasteiger partial charge < -0.3 is 4.90 Å². The number of hydrogen-bond donors (Lipinski definition) is 0. The summed E-state index contributed by atoms with van der Waals surface area (Å²) < 4.78 is 40.2. The van der Waals surface area contributed by atoms with Gasteiger partial charge in [-0.2, -0.15) is 13.2 Å². The zero-order valence-corrected chi connectivity index (χ0v) is 17.8. The maximum atomic E-state index is 13.0. The Hall–Kier alpha value is -1.68. The van der Waals surface area contributed by atoms with E-state index in [1.165, 1.54) is 4.90 Å². The van der Waals surface area contributed by atoms with Gasteiger partial charge in [-0.25, -0.2) is 0 Å². The number of nitrogens with zero attached hydrogens (tertiary/aromatic N) is 4. The van der Waals surface area contributed by atoms with Gasteiger partial charge in [0, 0.05) is 19.8 Å². The second kappa shape index (κ2) is 8.59. The van der Waals surface area contributed by atoms with Gasteiger partial charge in [0.1, 0.15) is 0 Å². The zero-order valence-electron chi connectivity index (χ0n) is 14.7. The summed E-state index contributed by atoms with van der Waals surface area (Å²) in [7, 11) is 1.60. The Kier molecular flexibility index (Phi) is 6.52. The number of pyridine rings is 1. The van der Waals surface area contributed by atoms with Gasteiger partial charge >= 0.3 is 6.18 Å². The third-order valence-corrected chi connectivity index (χ3v) is 5.86. The Morgan fingerprint density at radius 1 is 1.14 bits per heavy atom. The predicted octanol–water partition coefficient (Wildman–Crippen LogP) is 5.46. The summed E-state index contributed by atoms with van der Waals surface area (Å²) in [4.78, 5) is 13.9. The number of carbonyl (C=O) groups is 1. The highest BCUT2D eigenvalue weighted by Gasteiger charge is 2.32. The van der Waals surface area contributed by atoms with Crippen LogP contribution in [-0.4, -0.2) is 38.2 Å². The molecule has 12 heteroatoms. The molecular weight excluding hydrogens is 472 g/mol. The molecule has 0 saturated heterocycles. The van der Waals surface area contributed by atoms with E-state index in [1.807, 2.05) is 0 Å². The van der Waals surface area contributed by atoms with Crippen LogP contribution in [0.15, 0.2) is 35.6 Å². The van der Waals surface area contributed by atoms with Crippen molar-refractivity contribution in [1.82, 2.24) is 19.5 Å². The number of carbonyl (C=O) groups excluding carboxylic acids is 1. The molecule has 0 fully saturated rings. The van der Waals surface area contributed by atoms with Crippen molar-refractivity contribution in [2.75, 3.05) is 12.8 Å². The number of thioether (sulfide) groups is 1. The molecule has 0 bridgehead atoms. The summed E-state index contributed by atoms with van der Waals surface area (Å²) in [6.45, 7) is 0.293. The van der Waals surface area contributed by atoms with Gasteiger partial charge in [0.2, 0.25) is 5.91 Å². The molecule has 2 heterocycles. The van der Waals surface area contributed by atoms with Crippen LogP contribution in [0.3, 0.4) is 0 Å². The standard InChI is InChI=1S/C17H12Cl3F3N4OS/c1-26(6-9-2-3-11(18)12(19)4-9)14(28)8-29-16-25-24-15-13(20)5-10(7-27(15)16)17(21,22)23/h2-5,7H,6,8H2,1H3. The largest absolute Gasteiger partial charge is 0.417 e. The average Bonchev–Trinajstić information content (AvgIpc) is 3.05. The highest BCUT2D eigenvalue weighted by atomic mass is 35.5. The first kappa shape index (κ1) is 22.0. The van der Waals surface area contributed by atoms with Crippen molar-refractivity contribution < 1.29 is 18.0 Å². The van der Waals surface area contributed by atoms with E-state index in [4.69, 9.17) is 34.8 Å². The molecular formula is C17H12Cl3F3N4OS. The number of amides is 1. The molecule has 0 atom stereocenters. The van der Waals surface area contributed by atoms with Crippen LogP contribution in [0.25, 0.3) is 5.65 Å². The van der Waals surface area contributed by atoms with Crippen LogP contribution >= 0.6 is 46.6 Å². The van der Waals surface area contributed by atoms with Crippen molar-refractivity contribution in [1.29, 1.82) is 0 Å². The van der Waals surface area contributed by atoms with Crippen molar-refractivity contribution in [3.8, 4) is 0 Å². The van der Waals surface area contributed by atoms with Gasteiger partial charge in [-0.15, -0.1) is 10.2 Å². The number of rotatable bonds is 5. The van der Waals surface area contributed by atoms with Gasteiger partial charge in [0.25, 0.3) is 0 Å². The lowest BCUT2D eigenvalue weighted by Gasteiger charge is -2.17. The molecule has 3 aromatic rings. The molecule has 154 valence electrons. The summed E-state index contributed by atoms with van der Waals surface area (Å²) >= 11 is 18.7. The maximum absolute atomic E-state index is 13.0. The first-order valence-electron chi connectivity index (χ1n) is 7.98. The quantitative estimate of drug-likeness (QED) is 0.452. The third kappa shape index (κ3) is 5.09. The number of aromatic nitrogens is 3. The van der Waals surface area contributed by atoms with Crippen LogP contribution in [-0.2, 0) is 17.5 Å². The van der Waals surface area contributed by atoms with E-state index >= 15 is 0 Å². The van der Waals surface area contributed by atoms with Crippen molar-refractivity contribution >= 4 is 58.1 Å². The van der Waals surface area contributed by atoms with E-state index in [1.54, 1.807) is 25.2 Å². The fourth-order valence-corrected chi connectivity index (χ4v) is 3.84. The van der Waals surface area contributed by atoms with Crippen LogP contribution in [0.2, 0.25) is 15.1 Å². The first-order chi connectivity index (χ1) is 13.6. The van der Waals surface area contributed by atoms with E-state index in [2.05, 4.69) is 10.2 Å². The van der Waals surface area contributed by atoms with Gasteiger partial charge in [-0.1, -0.05) is 52.6 Å². The van der Waals surface area contributed by atoms with Crippen LogP contribution in [0, 0.1) is 0 Å². The van der Waals surface area contributed by atoms with Crippen LogP contribution < -0.4 is 0 Å². The fourth-order valence-electron chi connectivity index (χ4n) is 2.42. The molecule has 5 nitrogen and oxygen atoms in total. The Morgan fingerprint density at radius 2 is 1.86 bits per heavy atom. The monoisotopic (exact) mass is 482 g/mol. The smallest absolute Gasteiger partial charge is 0.341 e. The lowest BCUT2D eigenvalue weighted by molar-refractivity contribution is -0.138. The van der Waals surface area contributed by atoms with E-state index in [0.29, 0.717) is 16.6 Å². The molecule has 0 aliphatic rings. The van der Waals surface area contributed by atoms with Crippen LogP contribution in [0.4, 0.5) is 13.2 Å². The minimum Gasteiger partial charge on any atom is -0.341 e. The molecule has 29 heavy (non-hydrogen) atoms. The van der Waals surface area contributed by atoms with E-state index < -0.39 is 11.7 Å². The Bertz CT molecular complexity index is 1070. The van der Waals surface area contributed by atoms with Crippen molar-refractivity contribution in [3.05, 3.63) is 56.7 Å². The normalized spacial score (nSPS) is 11.8. The molecule has 0 N–H and O–H groups in total. The van der Waals surface area contributed by atoms with Crippen molar-refractivity contribution in [2.45, 2.75) is 17.9 Å². The van der Waals surface area contributed by atoms with Crippen LogP contribution in [0.1, 0.15) is 11.1 Å². The predicted molar refractivity (Wildman–Crippen MR) is 107 cm³/mol. The minimum absolute atomic E-state index is 0.0491. The summed E-state index contributed by atoms with van der Waals surface area (Å²) in [6, 6.07) is 5.83. The zero-order chi connectivity index (χ0) is 21.3. The molecule has 1 amide bonds. The average molecular weight is 484 g/mol. The van der Waals surface area contributed by atoms with Crippen molar-refractivity contribution in [2.24, 2.45) is 0 Å². The number of fused-ring (bicyclic) bond motifs is 1. The summed E-state index contributed by atoms with van der Waals surface area (Å²) in [5, 5.41) is 8.37. The minimum atomic E-state index is -4.57. The Labute approximate surface area is 182 Å². The Morgan fingerprint density at radius 3 is 2.52 bits per heavy atom. The number of alkyl halides is 3. The summed E-state index contributed by atoms with van der Waals surface area (Å²) in [5.74, 6) is -0.303. The molecule has 3 rings (SSSR count). The highest BCUT2D eigenvalue weighted by Crippen LogP contribution is 2.33. The summed E-state index contributed by atoms with van der Waals surface area (Å²) in [6.07, 6.45) is -3.71. The molecule has 0 radical (unpaired) electrons. The van der Waals surface area contributed by atoms with Gasteiger partial charge in [-0.3, -0.25) is 9.20 Å². The van der Waals surface area contributed by atoms with E-state index in [9.17, 15) is 18.0 Å². The van der Waals surface area contributed by atoms with E-state index in [0.717, 1.165) is 34.0 Å². The molecule has 0 unspecified atom stereocenters. The summed E-state index contributed by atoms with van der Waals surface area (Å²) in [5.41, 5.74) is -0.0618. The van der Waals surface area contributed by atoms with Gasteiger partial charge in [0.15, 0.2) is 10.8 Å². The molecule has 0 spiro atoms. The SMILES string of the molecule is CN(Cc1ccc(Cl)c(Cl)c1)C(=O)CSc1nnc2c(Cl)cc(C(F)(F)F)cn12. The topological polar surface area (TPSA) is 50.5 Å². The highest BCUT2D eigenvalue weighted by molar-refractivity contribution is 7.99. The molecule has 0 aliphatic carbocycles. The first-order valence-corrected chi connectivity index (χ1v) is 10.1. The lowest BCUT2D eigenvalue weighted by atomic mass is 10.2. The second-order valence-electron chi connectivity index (χ2n) is 6.04. The van der Waals surface area contributed by atoms with Crippen LogP contribution in [0.5, 0.6) is 0 Å². The molecule has 2 aromatic heterocycles. The fraction of sp³-hybridized carbons (Fsp3) is 0.235. The van der Waals surface area contributed by atoms with E-state index in [-0.39, 0.29) is 27.5 Å². The number of hydrogen-bond acceptors (Lipinski definition) is 4. The number of halogens is 6. The second-order valence-corrected chi connectivity index (χ2v) is 8.20. The number of benzene rings is 1. The molecule has 0 saturated carbocycles. The molecule has 1 aromatic carbocycles. The molecule has 0 aliphatic heterocycles. The van der Waals surface area contributed by atoms with Crippen molar-refractivity contribution in [3.63, 3.8) is 0 Å². The Balaban J connectivity index is 1.71.